The first-order valence-electron chi connectivity index (χ1n) is 6.62. The number of nitrogens with one attached hydrogen (secondary N) is 2. The highest BCUT2D eigenvalue weighted by molar-refractivity contribution is 5.99. The first-order chi connectivity index (χ1) is 9.63. The summed E-state index contributed by atoms with van der Waals surface area (Å²) in [4.78, 5) is 22.0. The van der Waals surface area contributed by atoms with Crippen molar-refractivity contribution in [1.82, 2.24) is 5.32 Å². The van der Waals surface area contributed by atoms with E-state index < -0.39 is 4.92 Å². The summed E-state index contributed by atoms with van der Waals surface area (Å²) in [5, 5.41) is 17.0. The average molecular weight is 277 g/mol. The van der Waals surface area contributed by atoms with E-state index in [-0.39, 0.29) is 29.9 Å². The van der Waals surface area contributed by atoms with Gasteiger partial charge in [-0.15, -0.1) is 0 Å². The van der Waals surface area contributed by atoms with Gasteiger partial charge < -0.3 is 15.4 Å². The monoisotopic (exact) mass is 277 g/mol. The summed E-state index contributed by atoms with van der Waals surface area (Å²) in [6.45, 7) is 1.63. The minimum Gasteiger partial charge on any atom is -0.482 e. The second-order valence-corrected chi connectivity index (χ2v) is 5.05. The molecule has 1 amide bonds. The van der Waals surface area contributed by atoms with Crippen molar-refractivity contribution < 1.29 is 14.5 Å². The number of carbonyl (C=O) groups is 1. The zero-order chi connectivity index (χ0) is 14.1. The van der Waals surface area contributed by atoms with Crippen LogP contribution < -0.4 is 15.4 Å². The van der Waals surface area contributed by atoms with Crippen molar-refractivity contribution in [3.05, 3.63) is 27.8 Å². The third kappa shape index (κ3) is 2.44. The quantitative estimate of drug-likeness (QED) is 0.640. The van der Waals surface area contributed by atoms with Crippen molar-refractivity contribution >= 4 is 17.3 Å². The Hall–Kier alpha value is -2.15. The molecule has 0 spiro atoms. The van der Waals surface area contributed by atoms with E-state index in [2.05, 4.69) is 10.6 Å². The Morgan fingerprint density at radius 1 is 1.40 bits per heavy atom. The number of fused-ring (bicyclic) bond motifs is 1. The lowest BCUT2D eigenvalue weighted by molar-refractivity contribution is -0.386. The van der Waals surface area contributed by atoms with Crippen LogP contribution in [0.25, 0.3) is 0 Å². The summed E-state index contributed by atoms with van der Waals surface area (Å²) in [5.41, 5.74) is 1.18. The fourth-order valence-electron chi connectivity index (χ4n) is 2.58. The maximum atomic E-state index is 11.4. The molecule has 2 aliphatic rings. The van der Waals surface area contributed by atoms with Crippen LogP contribution in [0, 0.1) is 10.1 Å². The van der Waals surface area contributed by atoms with Crippen LogP contribution >= 0.6 is 0 Å². The first kappa shape index (κ1) is 12.9. The summed E-state index contributed by atoms with van der Waals surface area (Å²) in [6, 6.07) is 2.99. The topological polar surface area (TPSA) is 93.5 Å². The van der Waals surface area contributed by atoms with E-state index in [0.717, 1.165) is 19.4 Å². The number of nitrogens with zero attached hydrogens (tertiary/aromatic N) is 1. The summed E-state index contributed by atoms with van der Waals surface area (Å²) in [5.74, 6) is 0.0791. The highest BCUT2D eigenvalue weighted by Crippen LogP contribution is 2.37. The Labute approximate surface area is 115 Å². The van der Waals surface area contributed by atoms with E-state index in [9.17, 15) is 14.9 Å². The van der Waals surface area contributed by atoms with Gasteiger partial charge >= 0.3 is 5.69 Å². The zero-order valence-corrected chi connectivity index (χ0v) is 10.8. The van der Waals surface area contributed by atoms with Crippen LogP contribution in [0.3, 0.4) is 0 Å². The Kier molecular flexibility index (Phi) is 3.27. The Morgan fingerprint density at radius 2 is 2.25 bits per heavy atom. The summed E-state index contributed by atoms with van der Waals surface area (Å²) in [7, 11) is 0. The third-order valence-electron chi connectivity index (χ3n) is 3.55. The van der Waals surface area contributed by atoms with Gasteiger partial charge in [0.2, 0.25) is 5.91 Å². The smallest absolute Gasteiger partial charge is 0.311 e. The normalized spacial score (nSPS) is 21.2. The van der Waals surface area contributed by atoms with Crippen molar-refractivity contribution in [3.63, 3.8) is 0 Å². The van der Waals surface area contributed by atoms with Crippen molar-refractivity contribution in [1.29, 1.82) is 0 Å². The van der Waals surface area contributed by atoms with Gasteiger partial charge in [-0.25, -0.2) is 0 Å². The largest absolute Gasteiger partial charge is 0.482 e. The maximum absolute atomic E-state index is 11.4. The average Bonchev–Trinajstić information content (AvgIpc) is 2.78. The van der Waals surface area contributed by atoms with E-state index in [4.69, 9.17) is 4.74 Å². The molecule has 3 rings (SSSR count). The van der Waals surface area contributed by atoms with Gasteiger partial charge in [-0.2, -0.15) is 0 Å². The molecule has 1 aromatic carbocycles. The molecule has 0 radical (unpaired) electrons. The molecule has 1 saturated heterocycles. The molecule has 2 N–H and O–H groups in total. The van der Waals surface area contributed by atoms with Crippen LogP contribution in [0.5, 0.6) is 5.75 Å². The number of ether oxygens (including phenoxy) is 1. The molecule has 2 heterocycles. The van der Waals surface area contributed by atoms with Gasteiger partial charge in [-0.3, -0.25) is 14.9 Å². The van der Waals surface area contributed by atoms with Crippen molar-refractivity contribution in [2.45, 2.75) is 25.4 Å². The second kappa shape index (κ2) is 5.09. The van der Waals surface area contributed by atoms with Gasteiger partial charge in [-0.05, 0) is 24.9 Å². The molecule has 0 aromatic heterocycles. The molecule has 0 saturated carbocycles. The minimum absolute atomic E-state index is 0.0717. The summed E-state index contributed by atoms with van der Waals surface area (Å²) < 4.78 is 5.75. The van der Waals surface area contributed by atoms with E-state index in [1.54, 1.807) is 6.07 Å². The first-order valence-corrected chi connectivity index (χ1v) is 6.62. The molecule has 7 heteroatoms. The lowest BCUT2D eigenvalue weighted by Gasteiger charge is -2.24. The lowest BCUT2D eigenvalue weighted by Crippen LogP contribution is -2.37. The fraction of sp³-hybridized carbons (Fsp3) is 0.462. The number of amides is 1. The van der Waals surface area contributed by atoms with Gasteiger partial charge in [0.15, 0.2) is 5.75 Å². The number of carbonyl (C=O) groups excluding carboxylic acids is 1. The molecule has 1 fully saturated rings. The molecule has 0 bridgehead atoms. The number of nitro benzene ring substituents is 1. The van der Waals surface area contributed by atoms with Crippen molar-refractivity contribution in [3.8, 4) is 5.75 Å². The number of piperidine rings is 1. The van der Waals surface area contributed by atoms with Gasteiger partial charge in [0.1, 0.15) is 6.10 Å². The number of anilines is 1. The number of rotatable bonds is 3. The SMILES string of the molecule is O=C1Cc2cc([N+](=O)[O-])c(O[C@H]3CCCNC3)cc2N1. The van der Waals surface area contributed by atoms with E-state index in [1.165, 1.54) is 6.07 Å². The predicted octanol–water partition coefficient (Wildman–Crippen LogP) is 1.22. The zero-order valence-electron chi connectivity index (χ0n) is 10.8. The van der Waals surface area contributed by atoms with Crippen LogP contribution in [0.2, 0.25) is 0 Å². The van der Waals surface area contributed by atoms with Crippen LogP contribution in [-0.2, 0) is 11.2 Å². The highest BCUT2D eigenvalue weighted by Gasteiger charge is 2.27. The lowest BCUT2D eigenvalue weighted by atomic mass is 10.1. The Bertz CT molecular complexity index is 567. The number of hydrogen-bond acceptors (Lipinski definition) is 5. The third-order valence-corrected chi connectivity index (χ3v) is 3.55. The summed E-state index contributed by atoms with van der Waals surface area (Å²) >= 11 is 0. The van der Waals surface area contributed by atoms with Gasteiger partial charge in [0, 0.05) is 24.4 Å². The fourth-order valence-corrected chi connectivity index (χ4v) is 2.58. The predicted molar refractivity (Wildman–Crippen MR) is 71.9 cm³/mol. The van der Waals surface area contributed by atoms with Crippen LogP contribution in [0.1, 0.15) is 18.4 Å². The maximum Gasteiger partial charge on any atom is 0.311 e. The van der Waals surface area contributed by atoms with Gasteiger partial charge in [0.25, 0.3) is 0 Å². The molecule has 20 heavy (non-hydrogen) atoms. The van der Waals surface area contributed by atoms with Crippen LogP contribution in [-0.4, -0.2) is 30.0 Å². The van der Waals surface area contributed by atoms with E-state index in [0.29, 0.717) is 17.8 Å². The molecule has 1 atom stereocenters. The molecular formula is C13H15N3O4. The number of hydrogen-bond donors (Lipinski definition) is 2. The van der Waals surface area contributed by atoms with Crippen LogP contribution in [0.4, 0.5) is 11.4 Å². The minimum atomic E-state index is -0.464. The molecule has 106 valence electrons. The van der Waals surface area contributed by atoms with Crippen LogP contribution in [0.15, 0.2) is 12.1 Å². The van der Waals surface area contributed by atoms with Crippen molar-refractivity contribution in [2.75, 3.05) is 18.4 Å². The van der Waals surface area contributed by atoms with E-state index in [1.807, 2.05) is 0 Å². The molecule has 0 aliphatic carbocycles. The molecule has 1 aromatic rings. The van der Waals surface area contributed by atoms with Gasteiger partial charge in [-0.1, -0.05) is 0 Å². The molecule has 7 nitrogen and oxygen atoms in total. The Morgan fingerprint density at radius 3 is 2.95 bits per heavy atom. The Balaban J connectivity index is 1.90. The summed E-state index contributed by atoms with van der Waals surface area (Å²) in [6.07, 6.45) is 1.97. The van der Waals surface area contributed by atoms with Crippen molar-refractivity contribution in [2.24, 2.45) is 0 Å². The molecule has 2 aliphatic heterocycles. The van der Waals surface area contributed by atoms with Gasteiger partial charge in [0.05, 0.1) is 11.3 Å². The standard InChI is InChI=1S/C13H15N3O4/c17-13-5-8-4-11(16(18)19)12(6-10(8)15-13)20-9-2-1-3-14-7-9/h4,6,9,14H,1-3,5,7H2,(H,15,17)/t9-/m0/s1. The second-order valence-electron chi connectivity index (χ2n) is 5.05. The molecule has 0 unspecified atom stereocenters. The number of benzene rings is 1. The molecular weight excluding hydrogens is 262 g/mol. The highest BCUT2D eigenvalue weighted by atomic mass is 16.6. The van der Waals surface area contributed by atoms with E-state index >= 15 is 0 Å². The number of nitro groups is 1.